The SMILES string of the molecule is O=C(CS(=O)(=O)C[C@H]1CCCO1)N1CCc2ccccc2C1. The summed E-state index contributed by atoms with van der Waals surface area (Å²) in [5.74, 6) is -0.745. The Labute approximate surface area is 131 Å². The zero-order valence-electron chi connectivity index (χ0n) is 12.5. The van der Waals surface area contributed by atoms with Gasteiger partial charge in [0.1, 0.15) is 5.75 Å². The van der Waals surface area contributed by atoms with Gasteiger partial charge in [-0.2, -0.15) is 0 Å². The predicted octanol–water partition coefficient (Wildman–Crippen LogP) is 1.17. The molecule has 1 aromatic rings. The summed E-state index contributed by atoms with van der Waals surface area (Å²) in [6, 6.07) is 7.99. The smallest absolute Gasteiger partial charge is 0.238 e. The molecule has 3 rings (SSSR count). The summed E-state index contributed by atoms with van der Waals surface area (Å²) in [4.78, 5) is 14.0. The van der Waals surface area contributed by atoms with Crippen LogP contribution < -0.4 is 0 Å². The van der Waals surface area contributed by atoms with E-state index in [1.54, 1.807) is 4.90 Å². The van der Waals surface area contributed by atoms with Gasteiger partial charge in [-0.3, -0.25) is 4.79 Å². The number of rotatable bonds is 4. The lowest BCUT2D eigenvalue weighted by molar-refractivity contribution is -0.129. The number of hydrogen-bond acceptors (Lipinski definition) is 4. The van der Waals surface area contributed by atoms with Gasteiger partial charge < -0.3 is 9.64 Å². The molecule has 0 bridgehead atoms. The molecule has 0 spiro atoms. The minimum absolute atomic E-state index is 0.0385. The largest absolute Gasteiger partial charge is 0.377 e. The fourth-order valence-corrected chi connectivity index (χ4v) is 4.61. The van der Waals surface area contributed by atoms with Crippen molar-refractivity contribution in [2.45, 2.75) is 31.9 Å². The molecule has 1 fully saturated rings. The Balaban J connectivity index is 1.60. The number of fused-ring (bicyclic) bond motifs is 1. The van der Waals surface area contributed by atoms with E-state index >= 15 is 0 Å². The molecule has 1 saturated heterocycles. The Bertz CT molecular complexity index is 650. The standard InChI is InChI=1S/C16H21NO4S/c18-16(12-22(19,20)11-15-6-3-9-21-15)17-8-7-13-4-1-2-5-14(13)10-17/h1-2,4-5,15H,3,6-12H2/t15-/m1/s1. The van der Waals surface area contributed by atoms with Crippen LogP contribution in [0.25, 0.3) is 0 Å². The van der Waals surface area contributed by atoms with Gasteiger partial charge in [-0.1, -0.05) is 24.3 Å². The van der Waals surface area contributed by atoms with E-state index in [2.05, 4.69) is 6.07 Å². The Kier molecular flexibility index (Phi) is 4.49. The van der Waals surface area contributed by atoms with Gasteiger partial charge in [0.25, 0.3) is 0 Å². The van der Waals surface area contributed by atoms with E-state index in [0.717, 1.165) is 24.8 Å². The van der Waals surface area contributed by atoms with Crippen LogP contribution >= 0.6 is 0 Å². The summed E-state index contributed by atoms with van der Waals surface area (Å²) in [6.45, 7) is 1.72. The molecule has 6 heteroatoms. The number of amides is 1. The molecule has 1 atom stereocenters. The molecule has 0 unspecified atom stereocenters. The first-order chi connectivity index (χ1) is 10.5. The van der Waals surface area contributed by atoms with Crippen LogP contribution in [0.4, 0.5) is 0 Å². The Hall–Kier alpha value is -1.40. The third-order valence-corrected chi connectivity index (χ3v) is 5.86. The molecule has 2 heterocycles. The van der Waals surface area contributed by atoms with Crippen LogP contribution in [0.1, 0.15) is 24.0 Å². The van der Waals surface area contributed by atoms with Crippen molar-refractivity contribution in [2.24, 2.45) is 0 Å². The third kappa shape index (κ3) is 3.67. The van der Waals surface area contributed by atoms with Gasteiger partial charge in [-0.15, -0.1) is 0 Å². The second-order valence-electron chi connectivity index (χ2n) is 6.02. The zero-order valence-corrected chi connectivity index (χ0v) is 13.3. The van der Waals surface area contributed by atoms with Crippen molar-refractivity contribution in [3.63, 3.8) is 0 Å². The topological polar surface area (TPSA) is 63.7 Å². The fourth-order valence-electron chi connectivity index (χ4n) is 3.11. The first kappa shape index (κ1) is 15.5. The summed E-state index contributed by atoms with van der Waals surface area (Å²) in [6.07, 6.45) is 2.22. The van der Waals surface area contributed by atoms with E-state index in [-0.39, 0.29) is 17.8 Å². The summed E-state index contributed by atoms with van der Waals surface area (Å²) >= 11 is 0. The van der Waals surface area contributed by atoms with Crippen LogP contribution in [0.2, 0.25) is 0 Å². The molecule has 1 amide bonds. The van der Waals surface area contributed by atoms with E-state index in [4.69, 9.17) is 4.74 Å². The highest BCUT2D eigenvalue weighted by molar-refractivity contribution is 7.92. The van der Waals surface area contributed by atoms with Crippen molar-refractivity contribution >= 4 is 15.7 Å². The van der Waals surface area contributed by atoms with Crippen LogP contribution in [-0.4, -0.2) is 50.0 Å². The average Bonchev–Trinajstić information content (AvgIpc) is 2.98. The summed E-state index contributed by atoms with van der Waals surface area (Å²) < 4.78 is 29.7. The maximum atomic E-state index is 12.3. The molecule has 0 radical (unpaired) electrons. The second-order valence-corrected chi connectivity index (χ2v) is 8.13. The molecule has 0 aliphatic carbocycles. The number of hydrogen-bond donors (Lipinski definition) is 0. The lowest BCUT2D eigenvalue weighted by Crippen LogP contribution is -2.40. The number of carbonyl (C=O) groups excluding carboxylic acids is 1. The molecular weight excluding hydrogens is 302 g/mol. The summed E-state index contributed by atoms with van der Waals surface area (Å²) in [7, 11) is -3.41. The van der Waals surface area contributed by atoms with Gasteiger partial charge in [0.15, 0.2) is 9.84 Å². The molecule has 1 aromatic carbocycles. The Morgan fingerprint density at radius 3 is 2.77 bits per heavy atom. The van der Waals surface area contributed by atoms with Gasteiger partial charge in [0, 0.05) is 19.7 Å². The van der Waals surface area contributed by atoms with Gasteiger partial charge in [-0.05, 0) is 30.4 Å². The van der Waals surface area contributed by atoms with Crippen molar-refractivity contribution in [3.05, 3.63) is 35.4 Å². The van der Waals surface area contributed by atoms with Gasteiger partial charge >= 0.3 is 0 Å². The van der Waals surface area contributed by atoms with Crippen LogP contribution in [0, 0.1) is 0 Å². The first-order valence-corrected chi connectivity index (χ1v) is 9.52. The maximum absolute atomic E-state index is 12.3. The van der Waals surface area contributed by atoms with Crippen molar-refractivity contribution in [1.29, 1.82) is 0 Å². The van der Waals surface area contributed by atoms with E-state index in [0.29, 0.717) is 19.7 Å². The normalized spacial score (nSPS) is 21.6. The van der Waals surface area contributed by atoms with Gasteiger partial charge in [0.2, 0.25) is 5.91 Å². The number of nitrogens with zero attached hydrogens (tertiary/aromatic N) is 1. The highest BCUT2D eigenvalue weighted by Crippen LogP contribution is 2.19. The molecule has 0 saturated carbocycles. The van der Waals surface area contributed by atoms with E-state index in [1.165, 1.54) is 5.56 Å². The van der Waals surface area contributed by atoms with E-state index in [9.17, 15) is 13.2 Å². The minimum atomic E-state index is -3.41. The van der Waals surface area contributed by atoms with Gasteiger partial charge in [-0.25, -0.2) is 8.42 Å². The quantitative estimate of drug-likeness (QED) is 0.834. The Morgan fingerprint density at radius 1 is 1.27 bits per heavy atom. The van der Waals surface area contributed by atoms with Crippen LogP contribution in [0.15, 0.2) is 24.3 Å². The molecule has 2 aliphatic heterocycles. The fraction of sp³-hybridized carbons (Fsp3) is 0.562. The molecule has 2 aliphatic rings. The number of sulfone groups is 1. The van der Waals surface area contributed by atoms with Crippen molar-refractivity contribution in [3.8, 4) is 0 Å². The van der Waals surface area contributed by atoms with E-state index < -0.39 is 15.6 Å². The number of benzene rings is 1. The highest BCUT2D eigenvalue weighted by Gasteiger charge is 2.28. The van der Waals surface area contributed by atoms with Crippen LogP contribution in [0.3, 0.4) is 0 Å². The lowest BCUT2D eigenvalue weighted by Gasteiger charge is -2.29. The second kappa shape index (κ2) is 6.38. The van der Waals surface area contributed by atoms with Gasteiger partial charge in [0.05, 0.1) is 11.9 Å². The minimum Gasteiger partial charge on any atom is -0.377 e. The number of ether oxygens (including phenoxy) is 1. The molecule has 22 heavy (non-hydrogen) atoms. The first-order valence-electron chi connectivity index (χ1n) is 7.70. The Morgan fingerprint density at radius 2 is 2.05 bits per heavy atom. The maximum Gasteiger partial charge on any atom is 0.238 e. The number of carbonyl (C=O) groups is 1. The summed E-state index contributed by atoms with van der Waals surface area (Å²) in [5.41, 5.74) is 2.35. The molecule has 5 nitrogen and oxygen atoms in total. The van der Waals surface area contributed by atoms with E-state index in [1.807, 2.05) is 18.2 Å². The lowest BCUT2D eigenvalue weighted by atomic mass is 10.00. The predicted molar refractivity (Wildman–Crippen MR) is 83.2 cm³/mol. The monoisotopic (exact) mass is 323 g/mol. The van der Waals surface area contributed by atoms with Crippen LogP contribution in [-0.2, 0) is 32.3 Å². The molecule has 120 valence electrons. The molecule has 0 aromatic heterocycles. The zero-order chi connectivity index (χ0) is 15.6. The van der Waals surface area contributed by atoms with Crippen molar-refractivity contribution in [1.82, 2.24) is 4.90 Å². The van der Waals surface area contributed by atoms with Crippen molar-refractivity contribution < 1.29 is 17.9 Å². The third-order valence-electron chi connectivity index (χ3n) is 4.29. The summed E-state index contributed by atoms with van der Waals surface area (Å²) in [5, 5.41) is 0. The van der Waals surface area contributed by atoms with Crippen molar-refractivity contribution in [2.75, 3.05) is 24.7 Å². The molecular formula is C16H21NO4S. The van der Waals surface area contributed by atoms with Crippen LogP contribution in [0.5, 0.6) is 0 Å². The molecule has 0 N–H and O–H groups in total. The highest BCUT2D eigenvalue weighted by atomic mass is 32.2. The average molecular weight is 323 g/mol.